The van der Waals surface area contributed by atoms with Crippen molar-refractivity contribution in [1.29, 1.82) is 0 Å². The number of aromatic nitrogens is 2. The first-order valence-corrected chi connectivity index (χ1v) is 10.5. The Labute approximate surface area is 160 Å². The number of aryl methyl sites for hydroxylation is 2. The Balaban J connectivity index is 1.62. The molecule has 1 aliphatic rings. The molecule has 0 unspecified atom stereocenters. The minimum absolute atomic E-state index is 0.0606. The number of carbonyl (C=O) groups is 2. The predicted molar refractivity (Wildman–Crippen MR) is 106 cm³/mol. The molecule has 2 heterocycles. The van der Waals surface area contributed by atoms with Crippen molar-refractivity contribution >= 4 is 51.1 Å². The molecule has 1 aliphatic carbocycles. The molecule has 7 nitrogen and oxygen atoms in total. The second-order valence-electron chi connectivity index (χ2n) is 6.72. The maximum atomic E-state index is 11.9. The van der Waals surface area contributed by atoms with Crippen molar-refractivity contribution in [3.8, 4) is 0 Å². The normalized spacial score (nSPS) is 13.7. The summed E-state index contributed by atoms with van der Waals surface area (Å²) in [6.45, 7) is 4.49. The summed E-state index contributed by atoms with van der Waals surface area (Å²) < 4.78 is 0. The Morgan fingerprint density at radius 3 is 2.81 bits per heavy atom. The molecular formula is C17H23N5O2S2. The van der Waals surface area contributed by atoms with E-state index in [9.17, 15) is 9.59 Å². The van der Waals surface area contributed by atoms with Crippen molar-refractivity contribution < 1.29 is 9.59 Å². The van der Waals surface area contributed by atoms with Crippen LogP contribution in [0.4, 0.5) is 10.6 Å². The number of imide groups is 1. The number of thiophene rings is 1. The Morgan fingerprint density at radius 2 is 2.04 bits per heavy atom. The van der Waals surface area contributed by atoms with Gasteiger partial charge in [-0.1, -0.05) is 25.6 Å². The third kappa shape index (κ3) is 4.45. The summed E-state index contributed by atoms with van der Waals surface area (Å²) in [6, 6.07) is -0.480. The van der Waals surface area contributed by atoms with Crippen LogP contribution in [-0.4, -0.2) is 34.2 Å². The summed E-state index contributed by atoms with van der Waals surface area (Å²) in [4.78, 5) is 34.7. The fourth-order valence-electron chi connectivity index (χ4n) is 2.86. The van der Waals surface area contributed by atoms with Crippen molar-refractivity contribution in [3.05, 3.63) is 10.4 Å². The summed E-state index contributed by atoms with van der Waals surface area (Å²) in [5.74, 6) is 0.478. The van der Waals surface area contributed by atoms with E-state index in [-0.39, 0.29) is 11.7 Å². The van der Waals surface area contributed by atoms with Crippen LogP contribution in [0.2, 0.25) is 0 Å². The lowest BCUT2D eigenvalue weighted by Crippen LogP contribution is -2.41. The number of fused-ring (bicyclic) bond motifs is 3. The topological polar surface area (TPSA) is 110 Å². The van der Waals surface area contributed by atoms with Gasteiger partial charge in [0.2, 0.25) is 5.91 Å². The van der Waals surface area contributed by atoms with E-state index in [0.29, 0.717) is 23.4 Å². The number of carbonyl (C=O) groups excluding carboxylic acids is 2. The summed E-state index contributed by atoms with van der Waals surface area (Å²) in [5, 5.41) is 6.39. The summed E-state index contributed by atoms with van der Waals surface area (Å²) in [5.41, 5.74) is 7.45. The molecule has 2 aromatic heterocycles. The minimum Gasteiger partial charge on any atom is -0.383 e. The lowest BCUT2D eigenvalue weighted by molar-refractivity contribution is -0.117. The highest BCUT2D eigenvalue weighted by Gasteiger charge is 2.20. The van der Waals surface area contributed by atoms with Crippen molar-refractivity contribution in [1.82, 2.24) is 20.6 Å². The van der Waals surface area contributed by atoms with Gasteiger partial charge in [-0.15, -0.1) is 11.3 Å². The highest BCUT2D eigenvalue weighted by atomic mass is 32.2. The minimum atomic E-state index is -0.480. The second-order valence-corrected chi connectivity index (χ2v) is 8.75. The Morgan fingerprint density at radius 1 is 1.27 bits per heavy atom. The number of nitrogens with two attached hydrogens (primary N) is 1. The molecule has 140 valence electrons. The zero-order valence-corrected chi connectivity index (χ0v) is 16.6. The van der Waals surface area contributed by atoms with E-state index >= 15 is 0 Å². The van der Waals surface area contributed by atoms with Gasteiger partial charge >= 0.3 is 6.03 Å². The lowest BCUT2D eigenvalue weighted by atomic mass is 9.97. The van der Waals surface area contributed by atoms with Gasteiger partial charge in [0.1, 0.15) is 10.6 Å². The molecule has 3 rings (SSSR count). The first-order valence-electron chi connectivity index (χ1n) is 8.72. The van der Waals surface area contributed by atoms with Crippen molar-refractivity contribution in [2.45, 2.75) is 44.7 Å². The molecule has 2 aromatic rings. The number of nitrogen functional groups attached to an aromatic ring is 1. The van der Waals surface area contributed by atoms with E-state index in [1.807, 2.05) is 13.8 Å². The molecule has 0 bridgehead atoms. The van der Waals surface area contributed by atoms with Crippen LogP contribution in [0, 0.1) is 5.92 Å². The molecule has 0 aromatic carbocycles. The van der Waals surface area contributed by atoms with Gasteiger partial charge in [0.15, 0.2) is 5.16 Å². The van der Waals surface area contributed by atoms with E-state index in [4.69, 9.17) is 5.73 Å². The fourth-order valence-corrected chi connectivity index (χ4v) is 4.84. The third-order valence-electron chi connectivity index (χ3n) is 4.08. The third-order valence-corrected chi connectivity index (χ3v) is 6.11. The van der Waals surface area contributed by atoms with Crippen LogP contribution in [0.1, 0.15) is 37.1 Å². The van der Waals surface area contributed by atoms with Crippen molar-refractivity contribution in [3.63, 3.8) is 0 Å². The van der Waals surface area contributed by atoms with Crippen LogP contribution in [0.5, 0.6) is 0 Å². The molecular weight excluding hydrogens is 370 g/mol. The number of nitrogens with zero attached hydrogens (tertiary/aromatic N) is 2. The maximum Gasteiger partial charge on any atom is 0.321 e. The number of anilines is 1. The number of nitrogens with one attached hydrogen (secondary N) is 2. The first kappa shape index (κ1) is 18.9. The molecule has 0 radical (unpaired) electrons. The van der Waals surface area contributed by atoms with E-state index in [0.717, 1.165) is 23.1 Å². The number of amides is 3. The number of urea groups is 1. The van der Waals surface area contributed by atoms with E-state index < -0.39 is 6.03 Å². The van der Waals surface area contributed by atoms with Crippen LogP contribution < -0.4 is 16.4 Å². The van der Waals surface area contributed by atoms with Crippen molar-refractivity contribution in [2.75, 3.05) is 18.0 Å². The fraction of sp³-hybridized carbons (Fsp3) is 0.529. The van der Waals surface area contributed by atoms with Gasteiger partial charge in [0.25, 0.3) is 0 Å². The summed E-state index contributed by atoms with van der Waals surface area (Å²) in [7, 11) is 0. The van der Waals surface area contributed by atoms with Gasteiger partial charge in [0, 0.05) is 11.4 Å². The Hall–Kier alpha value is -1.87. The second kappa shape index (κ2) is 8.22. The molecule has 0 fully saturated rings. The Kier molecular flexibility index (Phi) is 5.98. The number of rotatable bonds is 5. The molecule has 3 amide bonds. The van der Waals surface area contributed by atoms with Crippen molar-refractivity contribution in [2.24, 2.45) is 5.92 Å². The molecule has 0 saturated heterocycles. The van der Waals surface area contributed by atoms with Gasteiger partial charge in [-0.05, 0) is 37.2 Å². The standard InChI is InChI=1S/C17H23N5O2S2/c1-9(2)7-19-16(24)20-12(23)8-25-17-21-14(18)13-10-5-3-4-6-11(10)26-15(13)22-17/h9H,3-8H2,1-2H3,(H2,18,21,22)(H2,19,20,23,24). The molecule has 0 spiro atoms. The average molecular weight is 394 g/mol. The van der Waals surface area contributed by atoms with Crippen LogP contribution in [-0.2, 0) is 17.6 Å². The van der Waals surface area contributed by atoms with Gasteiger partial charge in [-0.3, -0.25) is 10.1 Å². The van der Waals surface area contributed by atoms with Crippen LogP contribution in [0.25, 0.3) is 10.2 Å². The molecule has 0 saturated carbocycles. The number of hydrogen-bond donors (Lipinski definition) is 3. The SMILES string of the molecule is CC(C)CNC(=O)NC(=O)CSc1nc(N)c2c3c(sc2n1)CCCC3. The van der Waals surface area contributed by atoms with Crippen LogP contribution in [0.15, 0.2) is 5.16 Å². The number of hydrogen-bond acceptors (Lipinski definition) is 7. The predicted octanol–water partition coefficient (Wildman–Crippen LogP) is 2.73. The van der Waals surface area contributed by atoms with E-state index in [1.54, 1.807) is 11.3 Å². The zero-order valence-electron chi connectivity index (χ0n) is 14.9. The molecule has 0 atom stereocenters. The molecule has 4 N–H and O–H groups in total. The highest BCUT2D eigenvalue weighted by molar-refractivity contribution is 7.99. The van der Waals surface area contributed by atoms with E-state index in [1.165, 1.54) is 35.0 Å². The maximum absolute atomic E-state index is 11.9. The average Bonchev–Trinajstić information content (AvgIpc) is 2.97. The molecule has 9 heteroatoms. The summed E-state index contributed by atoms with van der Waals surface area (Å²) >= 11 is 2.86. The van der Waals surface area contributed by atoms with Gasteiger partial charge < -0.3 is 11.1 Å². The largest absolute Gasteiger partial charge is 0.383 e. The van der Waals surface area contributed by atoms with Gasteiger partial charge in [0.05, 0.1) is 11.1 Å². The molecule has 0 aliphatic heterocycles. The monoisotopic (exact) mass is 393 g/mol. The smallest absolute Gasteiger partial charge is 0.321 e. The van der Waals surface area contributed by atoms with E-state index in [2.05, 4.69) is 20.6 Å². The highest BCUT2D eigenvalue weighted by Crippen LogP contribution is 2.38. The lowest BCUT2D eigenvalue weighted by Gasteiger charge is -2.10. The zero-order chi connectivity index (χ0) is 18.7. The van der Waals surface area contributed by atoms with Gasteiger partial charge in [-0.25, -0.2) is 14.8 Å². The van der Waals surface area contributed by atoms with Gasteiger partial charge in [-0.2, -0.15) is 0 Å². The quantitative estimate of drug-likeness (QED) is 0.532. The van der Waals surface area contributed by atoms with Crippen LogP contribution >= 0.6 is 23.1 Å². The Bertz CT molecular complexity index is 834. The van der Waals surface area contributed by atoms with Crippen LogP contribution in [0.3, 0.4) is 0 Å². The first-order chi connectivity index (χ1) is 12.4. The number of thioether (sulfide) groups is 1. The molecule has 26 heavy (non-hydrogen) atoms. The summed E-state index contributed by atoms with van der Waals surface area (Å²) in [6.07, 6.45) is 4.48.